The van der Waals surface area contributed by atoms with Crippen LogP contribution in [0.25, 0.3) is 0 Å². The van der Waals surface area contributed by atoms with Gasteiger partial charge in [-0.25, -0.2) is 4.98 Å². The molecule has 1 amide bonds. The molecule has 9 heteroatoms. The third-order valence-electron chi connectivity index (χ3n) is 4.17. The van der Waals surface area contributed by atoms with Crippen LogP contribution in [0.4, 0.5) is 0 Å². The Labute approximate surface area is 157 Å². The summed E-state index contributed by atoms with van der Waals surface area (Å²) in [6.45, 7) is 2.83. The van der Waals surface area contributed by atoms with Crippen molar-refractivity contribution in [3.8, 4) is 0 Å². The first kappa shape index (κ1) is 18.9. The van der Waals surface area contributed by atoms with Gasteiger partial charge in [0, 0.05) is 26.2 Å². The number of thioether (sulfide) groups is 1. The number of hydrogen-bond acceptors (Lipinski definition) is 7. The number of hydrogen-bond donors (Lipinski definition) is 1. The highest BCUT2D eigenvalue weighted by atomic mass is 32.2. The van der Waals surface area contributed by atoms with E-state index in [9.17, 15) is 4.79 Å². The summed E-state index contributed by atoms with van der Waals surface area (Å²) in [4.78, 5) is 20.9. The highest BCUT2D eigenvalue weighted by Gasteiger charge is 2.25. The van der Waals surface area contributed by atoms with E-state index in [1.54, 1.807) is 6.07 Å². The third-order valence-corrected chi connectivity index (χ3v) is 5.07. The van der Waals surface area contributed by atoms with Gasteiger partial charge in [0.15, 0.2) is 10.9 Å². The molecule has 0 aromatic carbocycles. The maximum atomic E-state index is 12.9. The van der Waals surface area contributed by atoms with Gasteiger partial charge in [-0.15, -0.1) is 0 Å². The summed E-state index contributed by atoms with van der Waals surface area (Å²) >= 11 is 1.48. The van der Waals surface area contributed by atoms with E-state index in [4.69, 9.17) is 9.15 Å². The Balaban J connectivity index is 1.61. The lowest BCUT2D eigenvalue weighted by Gasteiger charge is -2.26. The maximum Gasteiger partial charge on any atom is 0.289 e. The summed E-state index contributed by atoms with van der Waals surface area (Å²) in [6, 6.07) is 3.59. The molecular weight excluding hydrogens is 354 g/mol. The van der Waals surface area contributed by atoms with Gasteiger partial charge in [-0.3, -0.25) is 9.89 Å². The van der Waals surface area contributed by atoms with Crippen molar-refractivity contribution in [3.05, 3.63) is 30.0 Å². The third kappa shape index (κ3) is 5.33. The van der Waals surface area contributed by atoms with Crippen LogP contribution in [0.1, 0.15) is 29.2 Å². The second-order valence-electron chi connectivity index (χ2n) is 6.53. The first-order valence-corrected chi connectivity index (χ1v) is 9.73. The topological polar surface area (TPSA) is 87.5 Å². The number of furan rings is 1. The minimum absolute atomic E-state index is 0.0849. The van der Waals surface area contributed by atoms with Gasteiger partial charge in [0.05, 0.1) is 11.9 Å². The Bertz CT molecular complexity index is 682. The fourth-order valence-electron chi connectivity index (χ4n) is 2.76. The zero-order valence-corrected chi connectivity index (χ0v) is 16.0. The van der Waals surface area contributed by atoms with Gasteiger partial charge < -0.3 is 19.0 Å². The Hall–Kier alpha value is -1.84. The second-order valence-corrected chi connectivity index (χ2v) is 7.50. The molecule has 1 N–H and O–H groups in total. The summed E-state index contributed by atoms with van der Waals surface area (Å²) in [6.07, 6.45) is 3.65. The number of aromatic amines is 1. The normalized spacial score (nSPS) is 17.1. The van der Waals surface area contributed by atoms with Crippen molar-refractivity contribution in [2.24, 2.45) is 0 Å². The molecule has 0 aliphatic carbocycles. The summed E-state index contributed by atoms with van der Waals surface area (Å²) in [5, 5.41) is 7.32. The number of nitrogens with zero attached hydrogens (tertiary/aromatic N) is 4. The molecule has 1 fully saturated rings. The molecule has 8 nitrogen and oxygen atoms in total. The molecule has 0 bridgehead atoms. The van der Waals surface area contributed by atoms with Crippen molar-refractivity contribution in [3.63, 3.8) is 0 Å². The lowest BCUT2D eigenvalue weighted by atomic mass is 10.2. The molecule has 0 saturated carbocycles. The minimum Gasteiger partial charge on any atom is -0.455 e. The monoisotopic (exact) mass is 379 g/mol. The molecule has 1 atom stereocenters. The summed E-state index contributed by atoms with van der Waals surface area (Å²) in [5.74, 6) is 1.61. The predicted molar refractivity (Wildman–Crippen MR) is 98.1 cm³/mol. The number of aromatic nitrogens is 3. The van der Waals surface area contributed by atoms with Crippen LogP contribution in [0, 0.1) is 0 Å². The Morgan fingerprint density at radius 3 is 2.96 bits per heavy atom. The van der Waals surface area contributed by atoms with Crippen molar-refractivity contribution >= 4 is 17.7 Å². The van der Waals surface area contributed by atoms with E-state index in [-0.39, 0.29) is 12.0 Å². The van der Waals surface area contributed by atoms with Crippen molar-refractivity contribution in [2.75, 3.05) is 40.3 Å². The van der Waals surface area contributed by atoms with Gasteiger partial charge in [0.25, 0.3) is 5.91 Å². The van der Waals surface area contributed by atoms with Gasteiger partial charge >= 0.3 is 0 Å². The van der Waals surface area contributed by atoms with E-state index in [1.165, 1.54) is 18.1 Å². The molecule has 26 heavy (non-hydrogen) atoms. The molecule has 0 spiro atoms. The van der Waals surface area contributed by atoms with Crippen LogP contribution < -0.4 is 0 Å². The van der Waals surface area contributed by atoms with Crippen molar-refractivity contribution in [1.82, 2.24) is 25.0 Å². The van der Waals surface area contributed by atoms with Gasteiger partial charge in [-0.05, 0) is 39.1 Å². The number of ether oxygens (including phenoxy) is 1. The fourth-order valence-corrected chi connectivity index (χ4v) is 3.43. The van der Waals surface area contributed by atoms with E-state index >= 15 is 0 Å². The van der Waals surface area contributed by atoms with E-state index in [0.717, 1.165) is 36.9 Å². The molecule has 1 saturated heterocycles. The standard InChI is InChI=1S/C17H25N5O3S/c1-21(2)7-8-22(10-13-4-3-9-24-13)16(23)15-6-5-14(25-15)11-26-17-18-12-19-20-17/h5-6,12-13H,3-4,7-11H2,1-2H3,(H,18,19,20). The molecule has 0 radical (unpaired) electrons. The highest BCUT2D eigenvalue weighted by molar-refractivity contribution is 7.98. The zero-order chi connectivity index (χ0) is 18.4. The smallest absolute Gasteiger partial charge is 0.289 e. The first-order valence-electron chi connectivity index (χ1n) is 8.74. The molecule has 142 valence electrons. The Morgan fingerprint density at radius 1 is 1.38 bits per heavy atom. The number of amides is 1. The van der Waals surface area contributed by atoms with Crippen LogP contribution in [-0.2, 0) is 10.5 Å². The molecule has 1 unspecified atom stereocenters. The molecule has 2 aromatic rings. The van der Waals surface area contributed by atoms with E-state index in [0.29, 0.717) is 24.6 Å². The van der Waals surface area contributed by atoms with Gasteiger partial charge in [-0.2, -0.15) is 5.10 Å². The predicted octanol–water partition coefficient (Wildman–Crippen LogP) is 1.87. The number of rotatable bonds is 9. The van der Waals surface area contributed by atoms with Crippen LogP contribution >= 0.6 is 11.8 Å². The van der Waals surface area contributed by atoms with Crippen molar-refractivity contribution in [1.29, 1.82) is 0 Å². The molecule has 1 aliphatic heterocycles. The number of nitrogens with one attached hydrogen (secondary N) is 1. The van der Waals surface area contributed by atoms with Crippen LogP contribution in [0.3, 0.4) is 0 Å². The van der Waals surface area contributed by atoms with Gasteiger partial charge in [0.1, 0.15) is 12.1 Å². The first-order chi connectivity index (χ1) is 12.6. The maximum absolute atomic E-state index is 12.9. The molecule has 1 aliphatic rings. The van der Waals surface area contributed by atoms with Crippen molar-refractivity contribution < 1.29 is 13.9 Å². The molecule has 3 rings (SSSR count). The summed E-state index contributed by atoms with van der Waals surface area (Å²) in [5.41, 5.74) is 0. The van der Waals surface area contributed by atoms with Gasteiger partial charge in [0.2, 0.25) is 0 Å². The summed E-state index contributed by atoms with van der Waals surface area (Å²) < 4.78 is 11.5. The van der Waals surface area contributed by atoms with Gasteiger partial charge in [-0.1, -0.05) is 11.8 Å². The average Bonchev–Trinajstić information content (AvgIpc) is 3.38. The van der Waals surface area contributed by atoms with Crippen LogP contribution in [0.2, 0.25) is 0 Å². The number of likely N-dealkylation sites (N-methyl/N-ethyl adjacent to an activating group) is 1. The van der Waals surface area contributed by atoms with E-state index < -0.39 is 0 Å². The molecular formula is C17H25N5O3S. The number of carbonyl (C=O) groups is 1. The highest BCUT2D eigenvalue weighted by Crippen LogP contribution is 2.21. The van der Waals surface area contributed by atoms with Crippen LogP contribution in [-0.4, -0.2) is 77.3 Å². The number of carbonyl (C=O) groups excluding carboxylic acids is 1. The molecule has 2 aromatic heterocycles. The lowest BCUT2D eigenvalue weighted by Crippen LogP contribution is -2.41. The molecule has 3 heterocycles. The number of H-pyrrole nitrogens is 1. The lowest BCUT2D eigenvalue weighted by molar-refractivity contribution is 0.0488. The minimum atomic E-state index is -0.0849. The van der Waals surface area contributed by atoms with Crippen LogP contribution in [0.15, 0.2) is 28.0 Å². The second kappa shape index (κ2) is 9.20. The Kier molecular flexibility index (Phi) is 6.70. The van der Waals surface area contributed by atoms with Crippen LogP contribution in [0.5, 0.6) is 0 Å². The average molecular weight is 379 g/mol. The van der Waals surface area contributed by atoms with E-state index in [2.05, 4.69) is 20.1 Å². The fraction of sp³-hybridized carbons (Fsp3) is 0.588. The van der Waals surface area contributed by atoms with E-state index in [1.807, 2.05) is 25.1 Å². The largest absolute Gasteiger partial charge is 0.455 e. The SMILES string of the molecule is CN(C)CCN(CC1CCCO1)C(=O)c1ccc(CSc2ncn[nH]2)o1. The zero-order valence-electron chi connectivity index (χ0n) is 15.2. The van der Waals surface area contributed by atoms with Crippen molar-refractivity contribution in [2.45, 2.75) is 29.9 Å². The summed E-state index contributed by atoms with van der Waals surface area (Å²) in [7, 11) is 4.00. The quantitative estimate of drug-likeness (QED) is 0.666. The Morgan fingerprint density at radius 2 is 2.27 bits per heavy atom.